The van der Waals surface area contributed by atoms with Crippen molar-refractivity contribution in [2.75, 3.05) is 19.6 Å². The minimum absolute atomic E-state index is 0.176. The smallest absolute Gasteiger partial charge is 0.240 e. The summed E-state index contributed by atoms with van der Waals surface area (Å²) in [5.74, 6) is 0. The quantitative estimate of drug-likeness (QED) is 0.767. The molecule has 120 valence electrons. The fourth-order valence-electron chi connectivity index (χ4n) is 2.18. The van der Waals surface area contributed by atoms with Gasteiger partial charge in [-0.1, -0.05) is 26.0 Å². The molecule has 5 nitrogen and oxygen atoms in total. The highest BCUT2D eigenvalue weighted by atomic mass is 32.2. The van der Waals surface area contributed by atoms with E-state index in [9.17, 15) is 13.5 Å². The summed E-state index contributed by atoms with van der Waals surface area (Å²) >= 11 is 0. The van der Waals surface area contributed by atoms with Gasteiger partial charge in [0.2, 0.25) is 10.0 Å². The van der Waals surface area contributed by atoms with E-state index in [0.717, 1.165) is 13.1 Å². The first-order valence-electron chi connectivity index (χ1n) is 7.32. The van der Waals surface area contributed by atoms with Crippen molar-refractivity contribution in [1.29, 1.82) is 0 Å². The first-order valence-corrected chi connectivity index (χ1v) is 8.81. The zero-order valence-electron chi connectivity index (χ0n) is 13.2. The fourth-order valence-corrected chi connectivity index (χ4v) is 3.47. The minimum atomic E-state index is -3.57. The van der Waals surface area contributed by atoms with Gasteiger partial charge >= 0.3 is 0 Å². The van der Waals surface area contributed by atoms with Crippen LogP contribution in [0.25, 0.3) is 0 Å². The van der Waals surface area contributed by atoms with Crippen LogP contribution in [-0.4, -0.2) is 44.1 Å². The van der Waals surface area contributed by atoms with Crippen molar-refractivity contribution < 1.29 is 13.5 Å². The van der Waals surface area contributed by atoms with E-state index >= 15 is 0 Å². The van der Waals surface area contributed by atoms with Crippen LogP contribution in [-0.2, 0) is 10.0 Å². The van der Waals surface area contributed by atoms with Gasteiger partial charge in [-0.15, -0.1) is 0 Å². The molecule has 21 heavy (non-hydrogen) atoms. The Balaban J connectivity index is 2.84. The molecule has 1 rings (SSSR count). The zero-order chi connectivity index (χ0) is 16.0. The van der Waals surface area contributed by atoms with Crippen LogP contribution in [0.15, 0.2) is 29.2 Å². The van der Waals surface area contributed by atoms with Gasteiger partial charge in [0.05, 0.1) is 11.0 Å². The number of nitrogens with zero attached hydrogens (tertiary/aromatic N) is 1. The molecule has 0 heterocycles. The van der Waals surface area contributed by atoms with E-state index in [0.29, 0.717) is 12.1 Å². The Labute approximate surface area is 128 Å². The number of hydrogen-bond donors (Lipinski definition) is 2. The number of rotatable bonds is 8. The molecule has 0 aliphatic heterocycles. The van der Waals surface area contributed by atoms with Crippen molar-refractivity contribution in [3.63, 3.8) is 0 Å². The largest absolute Gasteiger partial charge is 0.389 e. The maximum Gasteiger partial charge on any atom is 0.240 e. The molecule has 0 fully saturated rings. The molecule has 1 aromatic rings. The second kappa shape index (κ2) is 7.89. The number of aliphatic hydroxyl groups excluding tert-OH is 1. The SMILES string of the molecule is CCN(CC)CC(C)NS(=O)(=O)c1cccc(C(C)O)c1. The van der Waals surface area contributed by atoms with Crippen LogP contribution in [0.2, 0.25) is 0 Å². The molecule has 6 heteroatoms. The van der Waals surface area contributed by atoms with Gasteiger partial charge in [-0.3, -0.25) is 0 Å². The Morgan fingerprint density at radius 2 is 1.86 bits per heavy atom. The van der Waals surface area contributed by atoms with Crippen molar-refractivity contribution in [2.45, 2.75) is 44.7 Å². The Hall–Kier alpha value is -0.950. The molecule has 0 aliphatic carbocycles. The van der Waals surface area contributed by atoms with Gasteiger partial charge in [-0.05, 0) is 44.6 Å². The van der Waals surface area contributed by atoms with E-state index in [2.05, 4.69) is 23.5 Å². The van der Waals surface area contributed by atoms with Gasteiger partial charge in [-0.25, -0.2) is 13.1 Å². The molecule has 2 unspecified atom stereocenters. The van der Waals surface area contributed by atoms with Crippen LogP contribution >= 0.6 is 0 Å². The summed E-state index contributed by atoms with van der Waals surface area (Å²) in [5.41, 5.74) is 0.592. The third kappa shape index (κ3) is 5.39. The van der Waals surface area contributed by atoms with E-state index in [1.165, 1.54) is 6.07 Å². The second-order valence-corrected chi connectivity index (χ2v) is 6.97. The first kappa shape index (κ1) is 18.1. The predicted octanol–water partition coefficient (Wildman–Crippen LogP) is 1.75. The van der Waals surface area contributed by atoms with E-state index in [-0.39, 0.29) is 10.9 Å². The lowest BCUT2D eigenvalue weighted by molar-refractivity contribution is 0.199. The van der Waals surface area contributed by atoms with Gasteiger partial charge in [-0.2, -0.15) is 0 Å². The Bertz CT molecular complexity index is 540. The monoisotopic (exact) mass is 314 g/mol. The van der Waals surface area contributed by atoms with Crippen LogP contribution in [0.1, 0.15) is 39.4 Å². The summed E-state index contributed by atoms with van der Waals surface area (Å²) in [4.78, 5) is 2.35. The fraction of sp³-hybridized carbons (Fsp3) is 0.600. The van der Waals surface area contributed by atoms with Gasteiger partial charge in [0.25, 0.3) is 0 Å². The molecule has 0 aromatic heterocycles. The topological polar surface area (TPSA) is 69.6 Å². The maximum absolute atomic E-state index is 12.4. The van der Waals surface area contributed by atoms with Crippen molar-refractivity contribution >= 4 is 10.0 Å². The van der Waals surface area contributed by atoms with Crippen LogP contribution in [0.5, 0.6) is 0 Å². The predicted molar refractivity (Wildman–Crippen MR) is 84.6 cm³/mol. The third-order valence-corrected chi connectivity index (χ3v) is 5.02. The number of aliphatic hydroxyl groups is 1. The van der Waals surface area contributed by atoms with E-state index < -0.39 is 16.1 Å². The molecule has 1 aromatic carbocycles. The van der Waals surface area contributed by atoms with Crippen molar-refractivity contribution in [3.8, 4) is 0 Å². The maximum atomic E-state index is 12.4. The molecular formula is C15H26N2O3S. The first-order chi connectivity index (χ1) is 9.80. The summed E-state index contributed by atoms with van der Waals surface area (Å²) in [6, 6.07) is 6.23. The molecule has 2 atom stereocenters. The van der Waals surface area contributed by atoms with Gasteiger partial charge in [0.1, 0.15) is 0 Å². The number of sulfonamides is 1. The van der Waals surface area contributed by atoms with Crippen molar-refractivity contribution in [2.24, 2.45) is 0 Å². The summed E-state index contributed by atoms with van der Waals surface area (Å²) < 4.78 is 27.4. The lowest BCUT2D eigenvalue weighted by Crippen LogP contribution is -2.41. The van der Waals surface area contributed by atoms with Crippen LogP contribution in [0.3, 0.4) is 0 Å². The molecule has 0 amide bonds. The Morgan fingerprint density at radius 1 is 1.24 bits per heavy atom. The van der Waals surface area contributed by atoms with Crippen LogP contribution in [0.4, 0.5) is 0 Å². The number of likely N-dealkylation sites (N-methyl/N-ethyl adjacent to an activating group) is 1. The number of benzene rings is 1. The highest BCUT2D eigenvalue weighted by Crippen LogP contribution is 2.17. The summed E-state index contributed by atoms with van der Waals surface area (Å²) in [7, 11) is -3.57. The lowest BCUT2D eigenvalue weighted by atomic mass is 10.1. The van der Waals surface area contributed by atoms with E-state index in [1.807, 2.05) is 6.92 Å². The summed E-state index contributed by atoms with van der Waals surface area (Å²) in [6.45, 7) is 10.0. The summed E-state index contributed by atoms with van der Waals surface area (Å²) in [6.07, 6.45) is -0.687. The average molecular weight is 314 g/mol. The Kier molecular flexibility index (Phi) is 6.80. The summed E-state index contributed by atoms with van der Waals surface area (Å²) in [5, 5.41) is 9.56. The standard InChI is InChI=1S/C15H26N2O3S/c1-5-17(6-2)11-12(3)16-21(19,20)15-9-7-8-14(10-15)13(4)18/h7-10,12-13,16,18H,5-6,11H2,1-4H3. The number of nitrogens with one attached hydrogen (secondary N) is 1. The average Bonchev–Trinajstić information content (AvgIpc) is 2.44. The molecule has 2 N–H and O–H groups in total. The Morgan fingerprint density at radius 3 is 2.38 bits per heavy atom. The third-order valence-electron chi connectivity index (χ3n) is 3.43. The molecule has 0 spiro atoms. The molecule has 0 saturated carbocycles. The zero-order valence-corrected chi connectivity index (χ0v) is 14.0. The normalized spacial score (nSPS) is 15.1. The molecule has 0 bridgehead atoms. The molecular weight excluding hydrogens is 288 g/mol. The molecule has 0 radical (unpaired) electrons. The minimum Gasteiger partial charge on any atom is -0.389 e. The number of hydrogen-bond acceptors (Lipinski definition) is 4. The highest BCUT2D eigenvalue weighted by Gasteiger charge is 2.19. The van der Waals surface area contributed by atoms with Gasteiger partial charge in [0.15, 0.2) is 0 Å². The van der Waals surface area contributed by atoms with Crippen molar-refractivity contribution in [1.82, 2.24) is 9.62 Å². The second-order valence-electron chi connectivity index (χ2n) is 5.26. The van der Waals surface area contributed by atoms with Gasteiger partial charge < -0.3 is 10.0 Å². The van der Waals surface area contributed by atoms with Crippen LogP contribution < -0.4 is 4.72 Å². The lowest BCUT2D eigenvalue weighted by Gasteiger charge is -2.23. The van der Waals surface area contributed by atoms with Gasteiger partial charge in [0, 0.05) is 12.6 Å². The molecule has 0 saturated heterocycles. The van der Waals surface area contributed by atoms with E-state index in [4.69, 9.17) is 0 Å². The van der Waals surface area contributed by atoms with E-state index in [1.54, 1.807) is 25.1 Å². The highest BCUT2D eigenvalue weighted by molar-refractivity contribution is 7.89. The molecule has 0 aliphatic rings. The van der Waals surface area contributed by atoms with Crippen molar-refractivity contribution in [3.05, 3.63) is 29.8 Å². The van der Waals surface area contributed by atoms with Crippen LogP contribution in [0, 0.1) is 0 Å².